The Hall–Kier alpha value is -2.61. The van der Waals surface area contributed by atoms with E-state index in [2.05, 4.69) is 0 Å². The van der Waals surface area contributed by atoms with Crippen molar-refractivity contribution < 1.29 is 34.7 Å². The van der Waals surface area contributed by atoms with Crippen LogP contribution in [0.4, 0.5) is 23.2 Å². The van der Waals surface area contributed by atoms with E-state index >= 15 is 0 Å². The van der Waals surface area contributed by atoms with Gasteiger partial charge in [0.25, 0.3) is 5.56 Å². The number of sulfonamides is 1. The number of alkyl halides is 3. The number of anilines is 1. The van der Waals surface area contributed by atoms with Crippen LogP contribution in [-0.4, -0.2) is 32.1 Å². The maximum atomic E-state index is 14.7. The summed E-state index contributed by atoms with van der Waals surface area (Å²) in [6.45, 7) is 1.10. The first-order valence-corrected chi connectivity index (χ1v) is 11.0. The Kier molecular flexibility index (Phi) is 6.76. The molecule has 1 unspecified atom stereocenters. The van der Waals surface area contributed by atoms with E-state index in [1.807, 2.05) is 0 Å². The fourth-order valence-electron chi connectivity index (χ4n) is 2.52. The smallest absolute Gasteiger partial charge is 0.431 e. The first-order chi connectivity index (χ1) is 14.2. The van der Waals surface area contributed by atoms with Crippen LogP contribution in [0.15, 0.2) is 23.0 Å². The lowest BCUT2D eigenvalue weighted by molar-refractivity contribution is -0.143. The second kappa shape index (κ2) is 8.49. The molecule has 9 nitrogen and oxygen atoms in total. The molecule has 1 heterocycles. The molecular formula is C15H11F4N4O5S3-. The third kappa shape index (κ3) is 4.54. The fourth-order valence-corrected chi connectivity index (χ4v) is 4.86. The highest BCUT2D eigenvalue weighted by Crippen LogP contribution is 2.31. The van der Waals surface area contributed by atoms with E-state index in [0.29, 0.717) is 21.3 Å². The highest BCUT2D eigenvalue weighted by Gasteiger charge is 2.35. The number of nitriles is 1. The van der Waals surface area contributed by atoms with Gasteiger partial charge in [0.2, 0.25) is 10.0 Å². The van der Waals surface area contributed by atoms with Gasteiger partial charge in [0, 0.05) is 13.1 Å². The van der Waals surface area contributed by atoms with Crippen LogP contribution in [0.5, 0.6) is 0 Å². The number of nitrogens with zero attached hydrogens (tertiary/aromatic N) is 4. The van der Waals surface area contributed by atoms with E-state index in [9.17, 15) is 44.8 Å². The summed E-state index contributed by atoms with van der Waals surface area (Å²) in [5.74, 6) is -2.06. The fraction of sp³-hybridized carbons (Fsp3) is 0.267. The molecule has 0 aliphatic heterocycles. The first kappa shape index (κ1) is 24.7. The Balaban J connectivity index is 2.98. The Bertz CT molecular complexity index is 1340. The van der Waals surface area contributed by atoms with E-state index in [1.165, 1.54) is 6.07 Å². The van der Waals surface area contributed by atoms with E-state index in [0.717, 1.165) is 14.0 Å². The third-order valence-electron chi connectivity index (χ3n) is 3.99. The molecule has 1 aromatic carbocycles. The lowest BCUT2D eigenvalue weighted by Gasteiger charge is -2.26. The van der Waals surface area contributed by atoms with Gasteiger partial charge in [-0.05, 0) is 31.3 Å². The topological polar surface area (TPSA) is 128 Å². The molecule has 0 aliphatic carbocycles. The molecule has 1 atom stereocenters. The zero-order chi connectivity index (χ0) is 23.9. The average Bonchev–Trinajstić information content (AvgIpc) is 2.65. The van der Waals surface area contributed by atoms with Crippen molar-refractivity contribution in [3.8, 4) is 11.8 Å². The lowest BCUT2D eigenvalue weighted by atomic mass is 10.1. The molecule has 0 radical (unpaired) electrons. The van der Waals surface area contributed by atoms with E-state index in [1.54, 1.807) is 0 Å². The predicted molar refractivity (Wildman–Crippen MR) is 102 cm³/mol. The maximum absolute atomic E-state index is 14.7. The molecule has 0 saturated carbocycles. The van der Waals surface area contributed by atoms with Gasteiger partial charge >= 0.3 is 6.18 Å². The SMILES string of the molecule is CCS(=O)(=O)N(c1cc(-n2c(=O)cc(C(F)(F)F)n(C)c2=S)c(F)cc1C#N)S(=O)[O-]. The summed E-state index contributed by atoms with van der Waals surface area (Å²) in [6.07, 6.45) is -4.96. The quantitative estimate of drug-likeness (QED) is 0.349. The largest absolute Gasteiger partial charge is 0.754 e. The number of hydrogen-bond donors (Lipinski definition) is 0. The molecule has 0 amide bonds. The second-order valence-corrected chi connectivity index (χ2v) is 9.32. The lowest BCUT2D eigenvalue weighted by Crippen LogP contribution is -2.35. The molecule has 0 N–H and O–H groups in total. The van der Waals surface area contributed by atoms with Gasteiger partial charge in [-0.1, -0.05) is 0 Å². The molecule has 31 heavy (non-hydrogen) atoms. The molecular weight excluding hydrogens is 488 g/mol. The molecule has 0 fully saturated rings. The summed E-state index contributed by atoms with van der Waals surface area (Å²) in [6, 6.07) is 2.54. The van der Waals surface area contributed by atoms with Crippen molar-refractivity contribution in [1.82, 2.24) is 9.13 Å². The van der Waals surface area contributed by atoms with Crippen LogP contribution in [0.2, 0.25) is 0 Å². The number of rotatable bonds is 5. The van der Waals surface area contributed by atoms with Gasteiger partial charge in [0.15, 0.2) is 4.77 Å². The van der Waals surface area contributed by atoms with Gasteiger partial charge in [0.05, 0.1) is 34.0 Å². The van der Waals surface area contributed by atoms with Crippen molar-refractivity contribution in [1.29, 1.82) is 5.26 Å². The van der Waals surface area contributed by atoms with Crippen LogP contribution in [0.1, 0.15) is 18.2 Å². The molecule has 16 heteroatoms. The molecule has 1 aromatic heterocycles. The average molecular weight is 499 g/mol. The number of hydrogen-bond acceptors (Lipinski definition) is 7. The Labute approximate surface area is 180 Å². The van der Waals surface area contributed by atoms with E-state index in [-0.39, 0.29) is 9.78 Å². The zero-order valence-electron chi connectivity index (χ0n) is 15.5. The number of benzene rings is 1. The van der Waals surface area contributed by atoms with Crippen LogP contribution in [0.25, 0.3) is 5.69 Å². The normalized spacial score (nSPS) is 13.0. The van der Waals surface area contributed by atoms with Gasteiger partial charge in [0.1, 0.15) is 17.6 Å². The van der Waals surface area contributed by atoms with Crippen molar-refractivity contribution in [3.05, 3.63) is 50.4 Å². The molecule has 168 valence electrons. The standard InChI is InChI=1S/C15H12F4N4O5S3/c1-3-31(27,28)23(30(25)26)10-5-11(9(16)4-8(10)7-20)22-13(24)6-12(15(17,18)19)21(2)14(22)29/h4-6H,3H2,1-2H3,(H,25,26)/p-1. The highest BCUT2D eigenvalue weighted by molar-refractivity contribution is 8.05. The third-order valence-corrected chi connectivity index (χ3v) is 7.39. The molecule has 0 bridgehead atoms. The highest BCUT2D eigenvalue weighted by atomic mass is 32.3. The maximum Gasteiger partial charge on any atom is 0.431 e. The van der Waals surface area contributed by atoms with Gasteiger partial charge in [-0.25, -0.2) is 12.8 Å². The van der Waals surface area contributed by atoms with Crippen LogP contribution < -0.4 is 9.27 Å². The first-order valence-electron chi connectivity index (χ1n) is 7.94. The summed E-state index contributed by atoms with van der Waals surface area (Å²) in [4.78, 5) is 12.3. The monoisotopic (exact) mass is 499 g/mol. The Morgan fingerprint density at radius 1 is 1.32 bits per heavy atom. The molecule has 0 aliphatic rings. The minimum Gasteiger partial charge on any atom is -0.754 e. The van der Waals surface area contributed by atoms with Crippen molar-refractivity contribution >= 4 is 39.2 Å². The van der Waals surface area contributed by atoms with E-state index < -0.39 is 72.0 Å². The van der Waals surface area contributed by atoms with Crippen molar-refractivity contribution in [2.75, 3.05) is 9.46 Å². The molecule has 2 rings (SSSR count). The summed E-state index contributed by atoms with van der Waals surface area (Å²) < 4.78 is 101. The molecule has 2 aromatic rings. The summed E-state index contributed by atoms with van der Waals surface area (Å²) in [7, 11) is -3.67. The second-order valence-electron chi connectivity index (χ2n) is 5.82. The van der Waals surface area contributed by atoms with Crippen molar-refractivity contribution in [2.24, 2.45) is 7.05 Å². The van der Waals surface area contributed by atoms with Crippen LogP contribution in [0, 0.1) is 21.9 Å². The summed E-state index contributed by atoms with van der Waals surface area (Å²) in [5.41, 5.74) is -5.26. The minimum absolute atomic E-state index is 0.138. The van der Waals surface area contributed by atoms with Gasteiger partial charge in [-0.3, -0.25) is 13.6 Å². The molecule has 0 saturated heterocycles. The number of aromatic nitrogens is 2. The predicted octanol–water partition coefficient (Wildman–Crippen LogP) is 1.89. The van der Waals surface area contributed by atoms with Gasteiger partial charge in [-0.15, -0.1) is 0 Å². The van der Waals surface area contributed by atoms with Crippen molar-refractivity contribution in [2.45, 2.75) is 13.1 Å². The number of halogens is 4. The van der Waals surface area contributed by atoms with Crippen LogP contribution in [0.3, 0.4) is 0 Å². The summed E-state index contributed by atoms with van der Waals surface area (Å²) >= 11 is 1.35. The Morgan fingerprint density at radius 2 is 1.90 bits per heavy atom. The van der Waals surface area contributed by atoms with Crippen molar-refractivity contribution in [3.63, 3.8) is 0 Å². The van der Waals surface area contributed by atoms with Gasteiger partial charge in [-0.2, -0.15) is 22.1 Å². The zero-order valence-corrected chi connectivity index (χ0v) is 18.0. The van der Waals surface area contributed by atoms with Gasteiger partial charge < -0.3 is 9.12 Å². The van der Waals surface area contributed by atoms with Crippen LogP contribution >= 0.6 is 12.2 Å². The summed E-state index contributed by atoms with van der Waals surface area (Å²) in [5, 5.41) is 9.20. The Morgan fingerprint density at radius 3 is 2.35 bits per heavy atom. The minimum atomic E-state index is -4.96. The van der Waals surface area contributed by atoms with E-state index in [4.69, 9.17) is 12.2 Å². The molecule has 0 spiro atoms. The van der Waals surface area contributed by atoms with Crippen LogP contribution in [-0.2, 0) is 34.5 Å².